The van der Waals surface area contributed by atoms with Gasteiger partial charge in [-0.05, 0) is 69.5 Å². The molecule has 3 fully saturated rings. The van der Waals surface area contributed by atoms with E-state index in [-0.39, 0.29) is 40.8 Å². The van der Waals surface area contributed by atoms with E-state index in [1.807, 2.05) is 5.06 Å². The highest BCUT2D eigenvalue weighted by Gasteiger charge is 2.46. The summed E-state index contributed by atoms with van der Waals surface area (Å²) >= 11 is 0. The molecule has 0 radical (unpaired) electrons. The Hall–Kier alpha value is -3.74. The van der Waals surface area contributed by atoms with E-state index in [0.717, 1.165) is 25.8 Å². The third-order valence-electron chi connectivity index (χ3n) is 7.70. The number of carbonyl (C=O) groups is 2. The first-order chi connectivity index (χ1) is 19.7. The van der Waals surface area contributed by atoms with Crippen LogP contribution in [0.5, 0.6) is 11.5 Å². The first-order valence-corrected chi connectivity index (χ1v) is 14.0. The van der Waals surface area contributed by atoms with Crippen LogP contribution >= 0.6 is 0 Å². The van der Waals surface area contributed by atoms with Crippen LogP contribution in [0.15, 0.2) is 36.4 Å². The zero-order valence-electron chi connectivity index (χ0n) is 23.0. The second-order valence-corrected chi connectivity index (χ2v) is 10.6. The molecule has 4 unspecified atom stereocenters. The van der Waals surface area contributed by atoms with E-state index >= 15 is 4.39 Å². The summed E-state index contributed by atoms with van der Waals surface area (Å²) in [5.74, 6) is -1.81. The number of aliphatic carboxylic acids is 1. The minimum atomic E-state index is -1.44. The van der Waals surface area contributed by atoms with Gasteiger partial charge in [-0.15, -0.1) is 0 Å². The van der Waals surface area contributed by atoms with Crippen molar-refractivity contribution in [2.45, 2.75) is 56.9 Å². The summed E-state index contributed by atoms with van der Waals surface area (Å²) in [4.78, 5) is 32.8. The highest BCUT2D eigenvalue weighted by atomic mass is 19.1. The fraction of sp³-hybridized carbons (Fsp3) is 0.483. The second kappa shape index (κ2) is 12.4. The molecule has 5 rings (SSSR count). The van der Waals surface area contributed by atoms with Crippen LogP contribution in [0, 0.1) is 11.2 Å². The third kappa shape index (κ3) is 6.45. The Kier molecular flexibility index (Phi) is 8.71. The molecule has 11 nitrogen and oxygen atoms in total. The summed E-state index contributed by atoms with van der Waals surface area (Å²) in [6.07, 6.45) is 2.60. The second-order valence-electron chi connectivity index (χ2n) is 10.6. The van der Waals surface area contributed by atoms with E-state index in [4.69, 9.17) is 25.5 Å². The quantitative estimate of drug-likeness (QED) is 0.235. The van der Waals surface area contributed by atoms with Gasteiger partial charge in [0.05, 0.1) is 25.7 Å². The lowest BCUT2D eigenvalue weighted by atomic mass is 9.88. The molecule has 0 saturated carbocycles. The monoisotopic (exact) mass is 569 g/mol. The highest BCUT2D eigenvalue weighted by molar-refractivity contribution is 5.95. The van der Waals surface area contributed by atoms with Crippen LogP contribution in [0.2, 0.25) is 0 Å². The Morgan fingerprint density at radius 1 is 1.22 bits per heavy atom. The zero-order valence-corrected chi connectivity index (χ0v) is 23.0. The van der Waals surface area contributed by atoms with Gasteiger partial charge in [0.2, 0.25) is 0 Å². The standard InChI is InChI=1S/C29H36FN5O6/c1-2-39-20-13-21(26(29(37)38)33-18-9-7-17(8-10-18)28(31)32)25(30)24(14-20)40-19-5-3-12-35(15-19)41-23-6-4-11-34-16-22(36)27(23)34/h7-10,13-14,19,23,26-27,33H,2-6,11-12,15-16H2,1H3,(H3,31,32)(H,37,38). The van der Waals surface area contributed by atoms with Gasteiger partial charge < -0.3 is 25.6 Å². The van der Waals surface area contributed by atoms with E-state index in [2.05, 4.69) is 10.2 Å². The Balaban J connectivity index is 1.33. The Bertz CT molecular complexity index is 1290. The Morgan fingerprint density at radius 2 is 1.98 bits per heavy atom. The number of anilines is 1. The number of piperidine rings is 2. The Labute approximate surface area is 237 Å². The zero-order chi connectivity index (χ0) is 29.1. The lowest BCUT2D eigenvalue weighted by molar-refractivity contribution is -0.244. The number of amidine groups is 1. The maximum Gasteiger partial charge on any atom is 0.330 e. The van der Waals surface area contributed by atoms with Crippen LogP contribution < -0.4 is 20.5 Å². The van der Waals surface area contributed by atoms with Crippen molar-refractivity contribution < 1.29 is 33.4 Å². The lowest BCUT2D eigenvalue weighted by Crippen LogP contribution is -2.66. The molecule has 3 aliphatic rings. The number of carboxylic acid groups (broad SMARTS) is 1. The van der Waals surface area contributed by atoms with Gasteiger partial charge in [-0.25, -0.2) is 9.18 Å². The molecule has 0 aliphatic carbocycles. The van der Waals surface area contributed by atoms with E-state index in [9.17, 15) is 14.7 Å². The number of carboxylic acids is 1. The summed E-state index contributed by atoms with van der Waals surface area (Å²) in [5.41, 5.74) is 6.26. The topological polar surface area (TPSA) is 150 Å². The van der Waals surface area contributed by atoms with E-state index in [0.29, 0.717) is 43.9 Å². The summed E-state index contributed by atoms with van der Waals surface area (Å²) in [6, 6.07) is 7.48. The van der Waals surface area contributed by atoms with Crippen molar-refractivity contribution in [3.05, 3.63) is 53.3 Å². The average molecular weight is 570 g/mol. The van der Waals surface area contributed by atoms with Crippen molar-refractivity contribution in [2.24, 2.45) is 5.73 Å². The molecule has 0 spiro atoms. The number of hydrogen-bond donors (Lipinski definition) is 4. The molecule has 3 aliphatic heterocycles. The van der Waals surface area contributed by atoms with Crippen molar-refractivity contribution in [3.8, 4) is 11.5 Å². The molecular formula is C29H36FN5O6. The van der Waals surface area contributed by atoms with Gasteiger partial charge in [0.1, 0.15) is 23.8 Å². The molecule has 3 saturated heterocycles. The Morgan fingerprint density at radius 3 is 2.66 bits per heavy atom. The molecule has 12 heteroatoms. The maximum absolute atomic E-state index is 15.9. The summed E-state index contributed by atoms with van der Waals surface area (Å²) in [5, 5.41) is 22.2. The molecule has 0 aromatic heterocycles. The smallest absolute Gasteiger partial charge is 0.330 e. The third-order valence-corrected chi connectivity index (χ3v) is 7.70. The number of nitrogens with one attached hydrogen (secondary N) is 2. The molecule has 4 atom stereocenters. The summed E-state index contributed by atoms with van der Waals surface area (Å²) in [6.45, 7) is 4.54. The number of nitrogens with two attached hydrogens (primary N) is 1. The van der Waals surface area contributed by atoms with Gasteiger partial charge in [0.15, 0.2) is 23.4 Å². The number of ketones is 1. The number of Topliss-reactive ketones (excluding diaryl/α,β-unsaturated/α-hetero) is 1. The van der Waals surface area contributed by atoms with Crippen molar-refractivity contribution in [2.75, 3.05) is 38.1 Å². The molecule has 41 heavy (non-hydrogen) atoms. The highest BCUT2D eigenvalue weighted by Crippen LogP contribution is 2.35. The molecule has 2 aromatic carbocycles. The van der Waals surface area contributed by atoms with Gasteiger partial charge in [-0.2, -0.15) is 5.06 Å². The summed E-state index contributed by atoms with van der Waals surface area (Å²) < 4.78 is 27.7. The molecule has 0 bridgehead atoms. The predicted molar refractivity (Wildman–Crippen MR) is 149 cm³/mol. The number of nitrogen functional groups attached to an aromatic ring is 1. The van der Waals surface area contributed by atoms with Gasteiger partial charge in [0, 0.05) is 29.4 Å². The number of benzene rings is 2. The van der Waals surface area contributed by atoms with Crippen LogP contribution in [0.4, 0.5) is 10.1 Å². The number of ether oxygens (including phenoxy) is 2. The number of carbonyl (C=O) groups excluding carboxylic acids is 1. The fourth-order valence-corrected chi connectivity index (χ4v) is 5.70. The van der Waals surface area contributed by atoms with Crippen LogP contribution in [0.3, 0.4) is 0 Å². The van der Waals surface area contributed by atoms with Crippen LogP contribution in [-0.4, -0.2) is 83.7 Å². The SMILES string of the molecule is CCOc1cc(OC2CCCN(OC3CCCN4CC(=O)C34)C2)c(F)c(C(Nc2ccc(C(=N)N)cc2)C(=O)O)c1. The number of hydroxylamine groups is 2. The van der Waals surface area contributed by atoms with Gasteiger partial charge in [-0.1, -0.05) is 0 Å². The maximum atomic E-state index is 15.9. The van der Waals surface area contributed by atoms with E-state index < -0.39 is 23.9 Å². The van der Waals surface area contributed by atoms with Gasteiger partial charge in [0.25, 0.3) is 0 Å². The normalized spacial score (nSPS) is 23.7. The van der Waals surface area contributed by atoms with Crippen molar-refractivity contribution in [1.29, 1.82) is 5.41 Å². The van der Waals surface area contributed by atoms with Gasteiger partial charge in [-0.3, -0.25) is 19.9 Å². The van der Waals surface area contributed by atoms with Crippen molar-refractivity contribution >= 4 is 23.3 Å². The minimum Gasteiger partial charge on any atom is -0.494 e. The fourth-order valence-electron chi connectivity index (χ4n) is 5.70. The van der Waals surface area contributed by atoms with E-state index in [1.165, 1.54) is 12.1 Å². The number of fused-ring (bicyclic) bond motifs is 1. The van der Waals surface area contributed by atoms with Gasteiger partial charge >= 0.3 is 5.97 Å². The largest absolute Gasteiger partial charge is 0.494 e. The number of halogens is 1. The van der Waals surface area contributed by atoms with E-state index in [1.54, 1.807) is 31.2 Å². The number of rotatable bonds is 11. The van der Waals surface area contributed by atoms with Crippen LogP contribution in [0.1, 0.15) is 49.8 Å². The van der Waals surface area contributed by atoms with Crippen LogP contribution in [0.25, 0.3) is 0 Å². The first kappa shape index (κ1) is 28.8. The lowest BCUT2D eigenvalue weighted by Gasteiger charge is -2.48. The van der Waals surface area contributed by atoms with Crippen molar-refractivity contribution in [1.82, 2.24) is 9.96 Å². The molecule has 2 aromatic rings. The number of nitrogens with zero attached hydrogens (tertiary/aromatic N) is 2. The molecule has 220 valence electrons. The minimum absolute atomic E-state index is 0.101. The number of hydrogen-bond acceptors (Lipinski definition) is 9. The predicted octanol–water partition coefficient (Wildman–Crippen LogP) is 2.94. The average Bonchev–Trinajstić information content (AvgIpc) is 2.93. The molecule has 0 amide bonds. The molecular weight excluding hydrogens is 533 g/mol. The van der Waals surface area contributed by atoms with Crippen LogP contribution in [-0.2, 0) is 14.4 Å². The summed E-state index contributed by atoms with van der Waals surface area (Å²) in [7, 11) is 0. The van der Waals surface area contributed by atoms with Crippen molar-refractivity contribution in [3.63, 3.8) is 0 Å². The molecule has 5 N–H and O–H groups in total. The first-order valence-electron chi connectivity index (χ1n) is 14.0. The molecule has 3 heterocycles.